The van der Waals surface area contributed by atoms with Crippen LogP contribution in [-0.2, 0) is 11.3 Å². The highest BCUT2D eigenvalue weighted by molar-refractivity contribution is 5.85. The van der Waals surface area contributed by atoms with Crippen molar-refractivity contribution in [1.82, 2.24) is 25.5 Å². The van der Waals surface area contributed by atoms with Crippen molar-refractivity contribution in [2.75, 3.05) is 33.8 Å². The largest absolute Gasteiger partial charge is 0.497 e. The molecule has 2 aliphatic rings. The highest BCUT2D eigenvalue weighted by Crippen LogP contribution is 2.41. The average molecular weight is 430 g/mol. The van der Waals surface area contributed by atoms with E-state index in [2.05, 4.69) is 32.5 Å². The van der Waals surface area contributed by atoms with Crippen LogP contribution in [0, 0.1) is 5.41 Å². The zero-order valence-corrected chi connectivity index (χ0v) is 17.9. The minimum atomic E-state index is -0.0439. The maximum absolute atomic E-state index is 12.7. The second-order valence-electron chi connectivity index (χ2n) is 7.67. The van der Waals surface area contributed by atoms with Gasteiger partial charge in [-0.05, 0) is 56.9 Å². The molecule has 1 aromatic heterocycles. The van der Waals surface area contributed by atoms with Crippen LogP contribution < -0.4 is 15.4 Å². The molecule has 1 amide bonds. The summed E-state index contributed by atoms with van der Waals surface area (Å²) in [7, 11) is 3.71. The van der Waals surface area contributed by atoms with Gasteiger partial charge in [0.2, 0.25) is 5.91 Å². The molecule has 9 heteroatoms. The first-order chi connectivity index (χ1) is 12.6. The molecule has 156 valence electrons. The molecule has 0 bridgehead atoms. The summed E-state index contributed by atoms with van der Waals surface area (Å²) in [6.45, 7) is 3.54. The molecular formula is C19H29Cl2N5O2. The number of likely N-dealkylation sites (N-methyl/N-ethyl adjacent to an activating group) is 1. The number of rotatable bonds is 4. The quantitative estimate of drug-likeness (QED) is 0.692. The van der Waals surface area contributed by atoms with Gasteiger partial charge in [0.25, 0.3) is 0 Å². The zero-order valence-electron chi connectivity index (χ0n) is 16.3. The summed E-state index contributed by atoms with van der Waals surface area (Å²) >= 11 is 0. The van der Waals surface area contributed by atoms with Gasteiger partial charge in [-0.25, -0.2) is 4.98 Å². The van der Waals surface area contributed by atoms with Crippen LogP contribution in [-0.4, -0.2) is 60.6 Å². The molecule has 7 nitrogen and oxygen atoms in total. The van der Waals surface area contributed by atoms with E-state index in [9.17, 15) is 4.79 Å². The summed E-state index contributed by atoms with van der Waals surface area (Å²) < 4.78 is 5.24. The number of benzene rings is 1. The van der Waals surface area contributed by atoms with Crippen molar-refractivity contribution in [1.29, 1.82) is 0 Å². The first-order valence-corrected chi connectivity index (χ1v) is 9.30. The smallest absolute Gasteiger partial charge is 0.237 e. The summed E-state index contributed by atoms with van der Waals surface area (Å²) in [5.74, 6) is 1.65. The Labute approximate surface area is 177 Å². The minimum absolute atomic E-state index is 0. The number of fused-ring (bicyclic) bond motifs is 1. The first kappa shape index (κ1) is 22.7. The van der Waals surface area contributed by atoms with Gasteiger partial charge in [-0.3, -0.25) is 9.69 Å². The van der Waals surface area contributed by atoms with Crippen LogP contribution in [0.5, 0.6) is 5.75 Å². The number of methoxy groups -OCH3 is 1. The lowest BCUT2D eigenvalue weighted by Gasteiger charge is -2.33. The number of nitrogens with one attached hydrogen (secondary N) is 3. The number of hydrogen-bond acceptors (Lipinski definition) is 5. The molecule has 1 atom stereocenters. The number of H-pyrrole nitrogens is 1. The van der Waals surface area contributed by atoms with Gasteiger partial charge >= 0.3 is 0 Å². The lowest BCUT2D eigenvalue weighted by molar-refractivity contribution is -0.125. The van der Waals surface area contributed by atoms with E-state index in [4.69, 9.17) is 4.74 Å². The van der Waals surface area contributed by atoms with Crippen LogP contribution in [0.1, 0.15) is 25.1 Å². The van der Waals surface area contributed by atoms with Crippen molar-refractivity contribution in [2.45, 2.75) is 31.8 Å². The first-order valence-electron chi connectivity index (χ1n) is 9.30. The van der Waals surface area contributed by atoms with Gasteiger partial charge in [-0.1, -0.05) is 0 Å². The Kier molecular flexibility index (Phi) is 7.56. The van der Waals surface area contributed by atoms with Crippen molar-refractivity contribution in [2.24, 2.45) is 5.41 Å². The minimum Gasteiger partial charge on any atom is -0.497 e. The standard InChI is InChI=1S/C19H27N5O2.2ClH/c1-24-12-19(5-7-20-8-6-19)10-16(24)18(25)21-11-17-22-14-4-3-13(26-2)9-15(14)23-17;;/h3-4,9,16,20H,5-8,10-12H2,1-2H3,(H,21,25)(H,22,23);2*1H. The van der Waals surface area contributed by atoms with E-state index in [0.717, 1.165) is 61.5 Å². The van der Waals surface area contributed by atoms with E-state index in [1.165, 1.54) is 0 Å². The number of carbonyl (C=O) groups excluding carboxylic acids is 1. The van der Waals surface area contributed by atoms with Crippen LogP contribution in [0.15, 0.2) is 18.2 Å². The van der Waals surface area contributed by atoms with Gasteiger partial charge < -0.3 is 20.4 Å². The van der Waals surface area contributed by atoms with Crippen LogP contribution >= 0.6 is 24.8 Å². The summed E-state index contributed by atoms with van der Waals surface area (Å²) in [6.07, 6.45) is 3.27. The summed E-state index contributed by atoms with van der Waals surface area (Å²) in [5, 5.41) is 6.48. The molecule has 28 heavy (non-hydrogen) atoms. The summed E-state index contributed by atoms with van der Waals surface area (Å²) in [4.78, 5) is 22.8. The van der Waals surface area contributed by atoms with Crippen LogP contribution in [0.4, 0.5) is 0 Å². The number of likely N-dealkylation sites (tertiary alicyclic amines) is 1. The van der Waals surface area contributed by atoms with E-state index in [1.54, 1.807) is 7.11 Å². The fourth-order valence-electron chi connectivity index (χ4n) is 4.42. The average Bonchev–Trinajstić information content (AvgIpc) is 3.20. The van der Waals surface area contributed by atoms with Gasteiger partial charge in [0, 0.05) is 12.6 Å². The summed E-state index contributed by atoms with van der Waals surface area (Å²) in [5.41, 5.74) is 2.10. The van der Waals surface area contributed by atoms with Crippen LogP contribution in [0.2, 0.25) is 0 Å². The number of imidazole rings is 1. The third-order valence-corrected chi connectivity index (χ3v) is 5.88. The fourth-order valence-corrected chi connectivity index (χ4v) is 4.42. The number of halogens is 2. The van der Waals surface area contributed by atoms with E-state index in [1.807, 2.05) is 18.2 Å². The topological polar surface area (TPSA) is 82.3 Å². The molecular weight excluding hydrogens is 401 g/mol. The SMILES string of the molecule is COc1ccc2nc(CNC(=O)C3CC4(CCNCC4)CN3C)[nH]c2c1.Cl.Cl. The van der Waals surface area contributed by atoms with Crippen molar-refractivity contribution < 1.29 is 9.53 Å². The van der Waals surface area contributed by atoms with E-state index in [-0.39, 0.29) is 36.8 Å². The monoisotopic (exact) mass is 429 g/mol. The number of nitrogens with zero attached hydrogens (tertiary/aromatic N) is 2. The van der Waals surface area contributed by atoms with Crippen molar-refractivity contribution in [3.63, 3.8) is 0 Å². The third kappa shape index (κ3) is 4.54. The second-order valence-corrected chi connectivity index (χ2v) is 7.67. The molecule has 3 heterocycles. The van der Waals surface area contributed by atoms with Gasteiger partial charge in [0.1, 0.15) is 11.6 Å². The van der Waals surface area contributed by atoms with Gasteiger partial charge in [0.05, 0.1) is 30.7 Å². The predicted molar refractivity (Wildman–Crippen MR) is 115 cm³/mol. The Morgan fingerprint density at radius 1 is 1.36 bits per heavy atom. The Hall–Kier alpha value is -1.54. The Bertz CT molecular complexity index is 807. The van der Waals surface area contributed by atoms with Crippen LogP contribution in [0.25, 0.3) is 11.0 Å². The number of hydrogen-bond donors (Lipinski definition) is 3. The van der Waals surface area contributed by atoms with Crippen molar-refractivity contribution in [3.05, 3.63) is 24.0 Å². The fraction of sp³-hybridized carbons (Fsp3) is 0.579. The van der Waals surface area contributed by atoms with Crippen LogP contribution in [0.3, 0.4) is 0 Å². The molecule has 3 N–H and O–H groups in total. The molecule has 0 radical (unpaired) electrons. The molecule has 2 aliphatic heterocycles. The molecule has 0 aliphatic carbocycles. The molecule has 1 spiro atoms. The number of piperidine rings is 1. The number of carbonyl (C=O) groups is 1. The lowest BCUT2D eigenvalue weighted by Crippen LogP contribution is -2.41. The highest BCUT2D eigenvalue weighted by Gasteiger charge is 2.45. The Morgan fingerprint density at radius 3 is 2.82 bits per heavy atom. The zero-order chi connectivity index (χ0) is 18.1. The maximum Gasteiger partial charge on any atom is 0.237 e. The molecule has 4 rings (SSSR count). The molecule has 2 fully saturated rings. The highest BCUT2D eigenvalue weighted by atomic mass is 35.5. The number of aromatic amines is 1. The number of aromatic nitrogens is 2. The molecule has 0 saturated carbocycles. The molecule has 1 aromatic carbocycles. The van der Waals surface area contributed by atoms with Gasteiger partial charge in [-0.15, -0.1) is 24.8 Å². The van der Waals surface area contributed by atoms with Gasteiger partial charge in [-0.2, -0.15) is 0 Å². The second kappa shape index (κ2) is 9.31. The Morgan fingerprint density at radius 2 is 2.11 bits per heavy atom. The van der Waals surface area contributed by atoms with E-state index < -0.39 is 0 Å². The number of amides is 1. The van der Waals surface area contributed by atoms with E-state index in [0.29, 0.717) is 12.0 Å². The lowest BCUT2D eigenvalue weighted by atomic mass is 9.77. The summed E-state index contributed by atoms with van der Waals surface area (Å²) in [6, 6.07) is 5.68. The predicted octanol–water partition coefficient (Wildman–Crippen LogP) is 2.11. The molecule has 2 aromatic rings. The van der Waals surface area contributed by atoms with Gasteiger partial charge in [0.15, 0.2) is 0 Å². The molecule has 2 saturated heterocycles. The number of ether oxygens (including phenoxy) is 1. The third-order valence-electron chi connectivity index (χ3n) is 5.88. The Balaban J connectivity index is 0.00000140. The molecule has 1 unspecified atom stereocenters. The van der Waals surface area contributed by atoms with Crippen molar-refractivity contribution in [3.8, 4) is 5.75 Å². The maximum atomic E-state index is 12.7. The van der Waals surface area contributed by atoms with Crippen molar-refractivity contribution >= 4 is 41.8 Å². The van der Waals surface area contributed by atoms with E-state index >= 15 is 0 Å². The normalized spacial score (nSPS) is 21.1.